The highest BCUT2D eigenvalue weighted by atomic mass is 16.4. The van der Waals surface area contributed by atoms with E-state index in [9.17, 15) is 0 Å². The topological polar surface area (TPSA) is 11.3 Å². The molecular weight excluding hydrogens is 220 g/mol. The predicted octanol–water partition coefficient (Wildman–Crippen LogP) is 4.38. The van der Waals surface area contributed by atoms with Crippen molar-refractivity contribution in [2.45, 2.75) is 33.3 Å². The number of carbonyl (C=O) groups excluding carboxylic acids is 1. The number of hydrogen-bond donors (Lipinski definition) is 0. The van der Waals surface area contributed by atoms with E-state index < -0.39 is 0 Å². The minimum Gasteiger partial charge on any atom is -0.250 e. The first-order chi connectivity index (χ1) is 8.42. The standard InChI is InChI=1S/C17H19O/c1-16(2)15(18-17(16,3)4)14-10-9-12-7-5-6-8-13(12)11-14/h5-11H,1-4H3/q+1. The maximum Gasteiger partial charge on any atom is 0.343 e. The van der Waals surface area contributed by atoms with Gasteiger partial charge in [0.2, 0.25) is 0 Å². The van der Waals surface area contributed by atoms with Crippen molar-refractivity contribution in [3.05, 3.63) is 48.0 Å². The van der Waals surface area contributed by atoms with Crippen LogP contribution in [0.1, 0.15) is 37.7 Å². The maximum atomic E-state index is 5.99. The van der Waals surface area contributed by atoms with Crippen molar-refractivity contribution in [3.63, 3.8) is 0 Å². The molecule has 0 N–H and O–H groups in total. The molecule has 0 atom stereocenters. The van der Waals surface area contributed by atoms with Crippen LogP contribution in [0.2, 0.25) is 0 Å². The molecule has 0 aromatic heterocycles. The Balaban J connectivity index is 2.12. The van der Waals surface area contributed by atoms with E-state index in [1.54, 1.807) is 0 Å². The van der Waals surface area contributed by atoms with Gasteiger partial charge < -0.3 is 0 Å². The lowest BCUT2D eigenvalue weighted by Gasteiger charge is -2.34. The average Bonchev–Trinajstić information content (AvgIpc) is 2.35. The van der Waals surface area contributed by atoms with Gasteiger partial charge in [0, 0.05) is 13.8 Å². The monoisotopic (exact) mass is 239 g/mol. The molecule has 1 heterocycles. The van der Waals surface area contributed by atoms with Gasteiger partial charge in [-0.2, -0.15) is 0 Å². The Hall–Kier alpha value is -1.63. The molecule has 0 saturated carbocycles. The fourth-order valence-electron chi connectivity index (χ4n) is 2.49. The number of rotatable bonds is 1. The molecule has 1 aliphatic rings. The summed E-state index contributed by atoms with van der Waals surface area (Å²) in [6.07, 6.45) is 0. The summed E-state index contributed by atoms with van der Waals surface area (Å²) in [7, 11) is 0. The minimum absolute atomic E-state index is 0.0754. The highest BCUT2D eigenvalue weighted by Gasteiger charge is 2.65. The molecule has 0 aliphatic carbocycles. The van der Waals surface area contributed by atoms with Crippen LogP contribution in [-0.2, 0) is 0 Å². The van der Waals surface area contributed by atoms with Crippen molar-refractivity contribution in [3.8, 4) is 0 Å². The van der Waals surface area contributed by atoms with Crippen LogP contribution < -0.4 is 0 Å². The van der Waals surface area contributed by atoms with E-state index in [-0.39, 0.29) is 11.0 Å². The van der Waals surface area contributed by atoms with Crippen LogP contribution in [0.4, 0.5) is 0 Å². The van der Waals surface area contributed by atoms with Gasteiger partial charge >= 0.3 is 5.78 Å². The maximum absolute atomic E-state index is 5.99. The molecule has 0 saturated heterocycles. The van der Waals surface area contributed by atoms with Gasteiger partial charge in [-0.1, -0.05) is 30.3 Å². The van der Waals surface area contributed by atoms with E-state index >= 15 is 0 Å². The average molecular weight is 239 g/mol. The second-order valence-electron chi connectivity index (χ2n) is 6.13. The lowest BCUT2D eigenvalue weighted by atomic mass is 9.68. The summed E-state index contributed by atoms with van der Waals surface area (Å²) in [4.78, 5) is 0. The zero-order chi connectivity index (χ0) is 13.0. The number of fused-ring (bicyclic) bond motifs is 1. The van der Waals surface area contributed by atoms with Crippen LogP contribution >= 0.6 is 0 Å². The molecule has 1 aliphatic heterocycles. The molecule has 1 nitrogen and oxygen atoms in total. The third-order valence-electron chi connectivity index (χ3n) is 4.44. The molecule has 2 aromatic rings. The molecule has 0 radical (unpaired) electrons. The molecular formula is C17H19O+. The lowest BCUT2D eigenvalue weighted by molar-refractivity contribution is -0.451. The highest BCUT2D eigenvalue weighted by molar-refractivity contribution is 6.05. The SMILES string of the molecule is CC1(C)[O+]=C(c2ccc3ccccc3c2)C1(C)C. The van der Waals surface area contributed by atoms with Crippen LogP contribution in [-0.4, -0.2) is 11.4 Å². The van der Waals surface area contributed by atoms with Crippen LogP contribution in [0.3, 0.4) is 0 Å². The third-order valence-corrected chi connectivity index (χ3v) is 4.44. The van der Waals surface area contributed by atoms with E-state index in [4.69, 9.17) is 4.42 Å². The Morgan fingerprint density at radius 2 is 1.50 bits per heavy atom. The number of hydrogen-bond acceptors (Lipinski definition) is 0. The molecule has 3 rings (SSSR count). The third kappa shape index (κ3) is 1.43. The Labute approximate surface area is 108 Å². The van der Waals surface area contributed by atoms with E-state index in [0.29, 0.717) is 0 Å². The predicted molar refractivity (Wildman–Crippen MR) is 76.1 cm³/mol. The van der Waals surface area contributed by atoms with Crippen LogP contribution in [0.5, 0.6) is 0 Å². The first-order valence-electron chi connectivity index (χ1n) is 6.47. The van der Waals surface area contributed by atoms with Crippen molar-refractivity contribution in [2.24, 2.45) is 5.41 Å². The molecule has 2 aromatic carbocycles. The van der Waals surface area contributed by atoms with Crippen molar-refractivity contribution in [2.75, 3.05) is 0 Å². The van der Waals surface area contributed by atoms with E-state index in [1.807, 2.05) is 0 Å². The quantitative estimate of drug-likeness (QED) is 0.654. The molecule has 0 unspecified atom stereocenters. The molecule has 0 bridgehead atoms. The van der Waals surface area contributed by atoms with E-state index in [1.165, 1.54) is 16.3 Å². The van der Waals surface area contributed by atoms with Gasteiger partial charge in [-0.15, -0.1) is 0 Å². The molecule has 92 valence electrons. The fraction of sp³-hybridized carbons (Fsp3) is 0.353. The van der Waals surface area contributed by atoms with Crippen molar-refractivity contribution in [1.29, 1.82) is 0 Å². The number of ketones is 1. The fourth-order valence-corrected chi connectivity index (χ4v) is 2.49. The van der Waals surface area contributed by atoms with Crippen LogP contribution in [0.15, 0.2) is 42.5 Å². The van der Waals surface area contributed by atoms with Crippen molar-refractivity contribution < 1.29 is 4.42 Å². The Kier molecular flexibility index (Phi) is 2.19. The Morgan fingerprint density at radius 1 is 0.833 bits per heavy atom. The van der Waals surface area contributed by atoms with Gasteiger partial charge in [-0.3, -0.25) is 4.42 Å². The molecule has 18 heavy (non-hydrogen) atoms. The summed E-state index contributed by atoms with van der Waals surface area (Å²) >= 11 is 0. The zero-order valence-corrected chi connectivity index (χ0v) is 11.4. The summed E-state index contributed by atoms with van der Waals surface area (Å²) < 4.78 is 5.99. The van der Waals surface area contributed by atoms with Gasteiger partial charge in [0.1, 0.15) is 0 Å². The normalized spacial score (nSPS) is 20.3. The summed E-state index contributed by atoms with van der Waals surface area (Å²) in [5.41, 5.74) is 1.22. The largest absolute Gasteiger partial charge is 0.343 e. The molecule has 0 fully saturated rings. The Bertz CT molecular complexity index is 647. The molecule has 0 spiro atoms. The summed E-state index contributed by atoms with van der Waals surface area (Å²) in [6, 6.07) is 15.0. The van der Waals surface area contributed by atoms with E-state index in [0.717, 1.165) is 5.78 Å². The first-order valence-corrected chi connectivity index (χ1v) is 6.47. The van der Waals surface area contributed by atoms with Crippen molar-refractivity contribution in [1.82, 2.24) is 0 Å². The summed E-state index contributed by atoms with van der Waals surface area (Å²) in [5.74, 6) is 1.11. The molecule has 1 heteroatoms. The smallest absolute Gasteiger partial charge is 0.250 e. The second-order valence-corrected chi connectivity index (χ2v) is 6.13. The lowest BCUT2D eigenvalue weighted by Crippen LogP contribution is -2.54. The second kappa shape index (κ2) is 3.44. The van der Waals surface area contributed by atoms with Gasteiger partial charge in [0.15, 0.2) is 5.41 Å². The Morgan fingerprint density at radius 3 is 2.11 bits per heavy atom. The first kappa shape index (κ1) is 11.5. The minimum atomic E-state index is -0.0754. The van der Waals surface area contributed by atoms with Gasteiger partial charge in [0.25, 0.3) is 5.60 Å². The molecule has 0 amide bonds. The van der Waals surface area contributed by atoms with Crippen LogP contribution in [0.25, 0.3) is 10.8 Å². The zero-order valence-electron chi connectivity index (χ0n) is 11.4. The summed E-state index contributed by atoms with van der Waals surface area (Å²) in [6.45, 7) is 8.80. The number of benzene rings is 2. The van der Waals surface area contributed by atoms with E-state index in [2.05, 4.69) is 70.2 Å². The van der Waals surface area contributed by atoms with Gasteiger partial charge in [-0.25, -0.2) is 0 Å². The van der Waals surface area contributed by atoms with Crippen LogP contribution in [0, 0.1) is 5.41 Å². The van der Waals surface area contributed by atoms with Gasteiger partial charge in [-0.05, 0) is 36.8 Å². The highest BCUT2D eigenvalue weighted by Crippen LogP contribution is 2.45. The van der Waals surface area contributed by atoms with Gasteiger partial charge in [0.05, 0.1) is 5.56 Å². The summed E-state index contributed by atoms with van der Waals surface area (Å²) in [5, 5.41) is 2.55. The van der Waals surface area contributed by atoms with Crippen molar-refractivity contribution >= 4 is 16.6 Å².